The molecule has 0 aliphatic carbocycles. The van der Waals surface area contributed by atoms with Crippen molar-refractivity contribution in [2.24, 2.45) is 0 Å². The van der Waals surface area contributed by atoms with Gasteiger partial charge in [-0.25, -0.2) is 0 Å². The monoisotopic (exact) mass is 440 g/mol. The van der Waals surface area contributed by atoms with E-state index < -0.39 is 0 Å². The molecule has 0 aliphatic rings. The molecule has 2 aromatic carbocycles. The minimum absolute atomic E-state index is 0. The zero-order chi connectivity index (χ0) is 19.4. The molecule has 6 nitrogen and oxygen atoms in total. The molecular formula is C21H26Cl2N2O4. The number of hydrogen-bond donors (Lipinski definition) is 1. The van der Waals surface area contributed by atoms with E-state index in [1.54, 1.807) is 27.5 Å². The van der Waals surface area contributed by atoms with Crippen LogP contribution >= 0.6 is 24.8 Å². The van der Waals surface area contributed by atoms with E-state index in [9.17, 15) is 0 Å². The van der Waals surface area contributed by atoms with Gasteiger partial charge in [-0.3, -0.25) is 4.98 Å². The lowest BCUT2D eigenvalue weighted by atomic mass is 9.99. The Morgan fingerprint density at radius 3 is 2.10 bits per heavy atom. The van der Waals surface area contributed by atoms with Gasteiger partial charge in [0, 0.05) is 29.8 Å². The van der Waals surface area contributed by atoms with Crippen molar-refractivity contribution in [3.8, 4) is 23.0 Å². The highest BCUT2D eigenvalue weighted by atomic mass is 35.5. The van der Waals surface area contributed by atoms with E-state index in [4.69, 9.17) is 24.7 Å². The maximum absolute atomic E-state index is 6.28. The number of pyridine rings is 1. The molecule has 2 N–H and O–H groups in total. The first kappa shape index (κ1) is 24.5. The number of nitrogens with two attached hydrogens (primary N) is 1. The summed E-state index contributed by atoms with van der Waals surface area (Å²) in [6.45, 7) is 2.49. The summed E-state index contributed by atoms with van der Waals surface area (Å²) in [6, 6.07) is 7.76. The molecule has 3 aromatic rings. The zero-order valence-electron chi connectivity index (χ0n) is 16.9. The molecule has 3 rings (SSSR count). The van der Waals surface area contributed by atoms with Crippen molar-refractivity contribution >= 4 is 41.3 Å². The molecular weight excluding hydrogens is 415 g/mol. The van der Waals surface area contributed by atoms with Gasteiger partial charge in [-0.2, -0.15) is 0 Å². The average molecular weight is 441 g/mol. The zero-order valence-corrected chi connectivity index (χ0v) is 18.5. The first-order valence-electron chi connectivity index (χ1n) is 8.70. The van der Waals surface area contributed by atoms with Crippen LogP contribution in [0.15, 0.2) is 36.7 Å². The Hall–Kier alpha value is -2.57. The molecule has 8 heteroatoms. The number of hydrogen-bond acceptors (Lipinski definition) is 6. The minimum atomic E-state index is 0. The summed E-state index contributed by atoms with van der Waals surface area (Å²) in [5.41, 5.74) is 8.89. The van der Waals surface area contributed by atoms with Gasteiger partial charge in [0.25, 0.3) is 0 Å². The first-order chi connectivity index (χ1) is 13.1. The molecule has 0 radical (unpaired) electrons. The van der Waals surface area contributed by atoms with Crippen molar-refractivity contribution in [3.05, 3.63) is 47.8 Å². The van der Waals surface area contributed by atoms with Gasteiger partial charge in [-0.1, -0.05) is 12.1 Å². The highest BCUT2D eigenvalue weighted by molar-refractivity contribution is 5.97. The molecule has 0 spiro atoms. The smallest absolute Gasteiger partial charge is 0.203 e. The third-order valence-corrected chi connectivity index (χ3v) is 4.49. The van der Waals surface area contributed by atoms with Crippen molar-refractivity contribution in [2.45, 2.75) is 13.3 Å². The van der Waals surface area contributed by atoms with E-state index in [0.717, 1.165) is 21.9 Å². The van der Waals surface area contributed by atoms with Gasteiger partial charge < -0.3 is 24.7 Å². The normalized spacial score (nSPS) is 9.93. The number of nitrogens with zero attached hydrogens (tertiary/aromatic N) is 1. The Morgan fingerprint density at radius 1 is 0.793 bits per heavy atom. The van der Waals surface area contributed by atoms with Gasteiger partial charge in [-0.05, 0) is 30.0 Å². The second kappa shape index (κ2) is 10.8. The third kappa shape index (κ3) is 4.71. The largest absolute Gasteiger partial charge is 0.493 e. The predicted octanol–water partition coefficient (Wildman–Crippen LogP) is 4.68. The van der Waals surface area contributed by atoms with Gasteiger partial charge in [0.2, 0.25) is 5.75 Å². The van der Waals surface area contributed by atoms with Crippen LogP contribution in [0.4, 0.5) is 5.69 Å². The molecule has 158 valence electrons. The Balaban J connectivity index is 0.00000210. The van der Waals surface area contributed by atoms with E-state index in [0.29, 0.717) is 41.7 Å². The van der Waals surface area contributed by atoms with Crippen LogP contribution in [0.25, 0.3) is 10.8 Å². The summed E-state index contributed by atoms with van der Waals surface area (Å²) < 4.78 is 22.0. The van der Waals surface area contributed by atoms with Crippen molar-refractivity contribution < 1.29 is 18.9 Å². The van der Waals surface area contributed by atoms with Gasteiger partial charge >= 0.3 is 0 Å². The van der Waals surface area contributed by atoms with Crippen LogP contribution in [0.3, 0.4) is 0 Å². The van der Waals surface area contributed by atoms with Crippen LogP contribution in [0.5, 0.6) is 23.0 Å². The number of nitrogen functional groups attached to an aromatic ring is 1. The second-order valence-corrected chi connectivity index (χ2v) is 5.97. The summed E-state index contributed by atoms with van der Waals surface area (Å²) >= 11 is 0. The number of ether oxygens (including phenoxy) is 4. The highest BCUT2D eigenvalue weighted by Crippen LogP contribution is 2.41. The van der Waals surface area contributed by atoms with Crippen molar-refractivity contribution in [2.75, 3.05) is 33.7 Å². The first-order valence-corrected chi connectivity index (χ1v) is 8.70. The molecule has 1 aromatic heterocycles. The quantitative estimate of drug-likeness (QED) is 0.537. The lowest BCUT2D eigenvalue weighted by molar-refractivity contribution is 0.322. The highest BCUT2D eigenvalue weighted by Gasteiger charge is 2.17. The van der Waals surface area contributed by atoms with Crippen LogP contribution in [-0.4, -0.2) is 32.9 Å². The van der Waals surface area contributed by atoms with E-state index in [1.165, 1.54) is 0 Å². The van der Waals surface area contributed by atoms with E-state index in [2.05, 4.69) is 4.98 Å². The fourth-order valence-corrected chi connectivity index (χ4v) is 3.24. The molecule has 0 amide bonds. The summed E-state index contributed by atoms with van der Waals surface area (Å²) in [4.78, 5) is 4.37. The van der Waals surface area contributed by atoms with Gasteiger partial charge in [-0.15, -0.1) is 24.8 Å². The fraction of sp³-hybridized carbons (Fsp3) is 0.286. The van der Waals surface area contributed by atoms with Gasteiger partial charge in [0.15, 0.2) is 11.5 Å². The Kier molecular flexibility index (Phi) is 9.14. The molecule has 0 unspecified atom stereocenters. The Bertz CT molecular complexity index is 967. The molecule has 1 heterocycles. The molecule has 0 aliphatic heterocycles. The second-order valence-electron chi connectivity index (χ2n) is 5.97. The lowest BCUT2D eigenvalue weighted by Gasteiger charge is -2.17. The number of methoxy groups -OCH3 is 3. The van der Waals surface area contributed by atoms with E-state index in [-0.39, 0.29) is 24.8 Å². The Labute approximate surface area is 183 Å². The molecule has 0 saturated carbocycles. The van der Waals surface area contributed by atoms with Crippen LogP contribution in [0, 0.1) is 0 Å². The number of rotatable bonds is 7. The SMILES string of the molecule is CCOc1ccc2c(Cc3ccc(OC)c(OC)c3OC)cncc2c1N.Cl.Cl. The predicted molar refractivity (Wildman–Crippen MR) is 121 cm³/mol. The maximum atomic E-state index is 6.28. The lowest BCUT2D eigenvalue weighted by Crippen LogP contribution is -2.01. The fourth-order valence-electron chi connectivity index (χ4n) is 3.24. The van der Waals surface area contributed by atoms with Crippen LogP contribution < -0.4 is 24.7 Å². The van der Waals surface area contributed by atoms with Crippen LogP contribution in [0.2, 0.25) is 0 Å². The average Bonchev–Trinajstić information content (AvgIpc) is 2.70. The van der Waals surface area contributed by atoms with E-state index in [1.807, 2.05) is 37.4 Å². The van der Waals surface area contributed by atoms with Gasteiger partial charge in [0.1, 0.15) is 5.75 Å². The number of fused-ring (bicyclic) bond motifs is 1. The number of aromatic nitrogens is 1. The molecule has 0 bridgehead atoms. The van der Waals surface area contributed by atoms with E-state index >= 15 is 0 Å². The molecule has 0 atom stereocenters. The topological polar surface area (TPSA) is 75.8 Å². The number of benzene rings is 2. The minimum Gasteiger partial charge on any atom is -0.493 e. The number of halogens is 2. The van der Waals surface area contributed by atoms with Crippen LogP contribution in [-0.2, 0) is 6.42 Å². The summed E-state index contributed by atoms with van der Waals surface area (Å²) in [7, 11) is 4.82. The summed E-state index contributed by atoms with van der Waals surface area (Å²) in [5, 5.41) is 1.90. The van der Waals surface area contributed by atoms with Crippen molar-refractivity contribution in [1.82, 2.24) is 4.98 Å². The number of anilines is 1. The van der Waals surface area contributed by atoms with Gasteiger partial charge in [0.05, 0.1) is 33.6 Å². The molecule has 0 fully saturated rings. The Morgan fingerprint density at radius 2 is 1.48 bits per heavy atom. The standard InChI is InChI=1S/C21H24N2O4.2ClH/c1-5-27-17-9-7-15-14(11-23-12-16(15)19(17)22)10-13-6-8-18(24-2)21(26-4)20(13)25-3;;/h6-9,11-12H,5,10,22H2,1-4H3;2*1H. The molecule has 29 heavy (non-hydrogen) atoms. The molecule has 0 saturated heterocycles. The maximum Gasteiger partial charge on any atom is 0.203 e. The van der Waals surface area contributed by atoms with Crippen molar-refractivity contribution in [1.29, 1.82) is 0 Å². The summed E-state index contributed by atoms with van der Waals surface area (Å²) in [5.74, 6) is 2.52. The van der Waals surface area contributed by atoms with Crippen molar-refractivity contribution in [3.63, 3.8) is 0 Å². The third-order valence-electron chi connectivity index (χ3n) is 4.49. The van der Waals surface area contributed by atoms with Crippen LogP contribution in [0.1, 0.15) is 18.1 Å². The summed E-state index contributed by atoms with van der Waals surface area (Å²) in [6.07, 6.45) is 4.22.